The maximum absolute atomic E-state index is 10.7. The SMILES string of the molecule is CN(C)[C@H](C=O)Cc1ccccc1. The van der Waals surface area contributed by atoms with Crippen molar-refractivity contribution in [2.45, 2.75) is 12.5 Å². The second-order valence-electron chi connectivity index (χ2n) is 3.36. The summed E-state index contributed by atoms with van der Waals surface area (Å²) in [5, 5.41) is 0. The minimum atomic E-state index is -0.0117. The van der Waals surface area contributed by atoms with Gasteiger partial charge < -0.3 is 4.79 Å². The summed E-state index contributed by atoms with van der Waals surface area (Å²) < 4.78 is 0. The van der Waals surface area contributed by atoms with Crippen LogP contribution in [0.1, 0.15) is 5.56 Å². The molecular weight excluding hydrogens is 162 g/mol. The van der Waals surface area contributed by atoms with Crippen LogP contribution in [0, 0.1) is 0 Å². The fourth-order valence-corrected chi connectivity index (χ4v) is 1.21. The van der Waals surface area contributed by atoms with Gasteiger partial charge in [-0.25, -0.2) is 0 Å². The largest absolute Gasteiger partial charge is 0.302 e. The molecule has 2 nitrogen and oxygen atoms in total. The normalized spacial score (nSPS) is 12.8. The van der Waals surface area contributed by atoms with Crippen LogP contribution in [0.5, 0.6) is 0 Å². The first kappa shape index (κ1) is 9.93. The second-order valence-corrected chi connectivity index (χ2v) is 3.36. The molecule has 0 aromatic heterocycles. The minimum Gasteiger partial charge on any atom is -0.302 e. The Morgan fingerprint density at radius 3 is 2.38 bits per heavy atom. The monoisotopic (exact) mass is 177 g/mol. The Hall–Kier alpha value is -1.15. The first-order chi connectivity index (χ1) is 6.24. The van der Waals surface area contributed by atoms with Gasteiger partial charge in [-0.05, 0) is 26.1 Å². The van der Waals surface area contributed by atoms with Gasteiger partial charge in [0.2, 0.25) is 0 Å². The zero-order valence-corrected chi connectivity index (χ0v) is 8.10. The van der Waals surface area contributed by atoms with Crippen LogP contribution in [0.4, 0.5) is 0 Å². The summed E-state index contributed by atoms with van der Waals surface area (Å²) in [5.41, 5.74) is 1.20. The molecule has 0 spiro atoms. The topological polar surface area (TPSA) is 20.3 Å². The van der Waals surface area contributed by atoms with Gasteiger partial charge in [0.25, 0.3) is 0 Å². The van der Waals surface area contributed by atoms with Gasteiger partial charge in [0, 0.05) is 0 Å². The van der Waals surface area contributed by atoms with Gasteiger partial charge >= 0.3 is 0 Å². The Labute approximate surface area is 79.2 Å². The van der Waals surface area contributed by atoms with Crippen molar-refractivity contribution in [3.8, 4) is 0 Å². The van der Waals surface area contributed by atoms with Crippen LogP contribution < -0.4 is 0 Å². The maximum Gasteiger partial charge on any atom is 0.137 e. The Morgan fingerprint density at radius 1 is 1.31 bits per heavy atom. The molecule has 0 aliphatic heterocycles. The second kappa shape index (κ2) is 4.77. The molecule has 1 aromatic rings. The number of carbonyl (C=O) groups excluding carboxylic acids is 1. The molecule has 0 aliphatic rings. The maximum atomic E-state index is 10.7. The molecule has 2 heteroatoms. The van der Waals surface area contributed by atoms with E-state index in [2.05, 4.69) is 0 Å². The third kappa shape index (κ3) is 2.99. The molecule has 0 unspecified atom stereocenters. The number of likely N-dealkylation sites (N-methyl/N-ethyl adjacent to an activating group) is 1. The summed E-state index contributed by atoms with van der Waals surface area (Å²) in [4.78, 5) is 12.6. The van der Waals surface area contributed by atoms with Gasteiger partial charge in [-0.3, -0.25) is 4.90 Å². The lowest BCUT2D eigenvalue weighted by molar-refractivity contribution is -0.111. The fraction of sp³-hybridized carbons (Fsp3) is 0.364. The molecule has 0 amide bonds. The highest BCUT2D eigenvalue weighted by Gasteiger charge is 2.09. The van der Waals surface area contributed by atoms with Crippen molar-refractivity contribution in [2.75, 3.05) is 14.1 Å². The Balaban J connectivity index is 2.62. The number of carbonyl (C=O) groups is 1. The van der Waals surface area contributed by atoms with Crippen molar-refractivity contribution in [1.82, 2.24) is 4.90 Å². The quantitative estimate of drug-likeness (QED) is 0.647. The third-order valence-corrected chi connectivity index (χ3v) is 2.11. The first-order valence-corrected chi connectivity index (χ1v) is 4.39. The van der Waals surface area contributed by atoms with Crippen molar-refractivity contribution in [3.63, 3.8) is 0 Å². The predicted octanol–water partition coefficient (Wildman–Crippen LogP) is 1.36. The van der Waals surface area contributed by atoms with Gasteiger partial charge in [-0.2, -0.15) is 0 Å². The number of hydrogen-bond acceptors (Lipinski definition) is 2. The first-order valence-electron chi connectivity index (χ1n) is 4.39. The van der Waals surface area contributed by atoms with Gasteiger partial charge in [-0.15, -0.1) is 0 Å². The van der Waals surface area contributed by atoms with Crippen LogP contribution in [0.2, 0.25) is 0 Å². The number of hydrogen-bond donors (Lipinski definition) is 0. The van der Waals surface area contributed by atoms with Gasteiger partial charge in [-0.1, -0.05) is 30.3 Å². The highest BCUT2D eigenvalue weighted by atomic mass is 16.1. The van der Waals surface area contributed by atoms with Crippen molar-refractivity contribution in [1.29, 1.82) is 0 Å². The zero-order chi connectivity index (χ0) is 9.68. The molecule has 0 fully saturated rings. The van der Waals surface area contributed by atoms with Gasteiger partial charge in [0.1, 0.15) is 6.29 Å². The minimum absolute atomic E-state index is 0.0117. The average molecular weight is 177 g/mol. The predicted molar refractivity (Wildman–Crippen MR) is 53.7 cm³/mol. The Morgan fingerprint density at radius 2 is 1.92 bits per heavy atom. The van der Waals surface area contributed by atoms with E-state index in [-0.39, 0.29) is 6.04 Å². The molecule has 0 N–H and O–H groups in total. The van der Waals surface area contributed by atoms with E-state index >= 15 is 0 Å². The molecule has 13 heavy (non-hydrogen) atoms. The van der Waals surface area contributed by atoms with Gasteiger partial charge in [0.15, 0.2) is 0 Å². The summed E-state index contributed by atoms with van der Waals surface area (Å²) in [7, 11) is 3.84. The van der Waals surface area contributed by atoms with Crippen LogP contribution in [-0.4, -0.2) is 31.3 Å². The summed E-state index contributed by atoms with van der Waals surface area (Å²) in [5.74, 6) is 0. The molecule has 0 aliphatic carbocycles. The summed E-state index contributed by atoms with van der Waals surface area (Å²) in [6.07, 6.45) is 1.78. The molecule has 0 bridgehead atoms. The third-order valence-electron chi connectivity index (χ3n) is 2.11. The van der Waals surface area contributed by atoms with Gasteiger partial charge in [0.05, 0.1) is 6.04 Å². The fourth-order valence-electron chi connectivity index (χ4n) is 1.21. The van der Waals surface area contributed by atoms with Crippen LogP contribution in [0.15, 0.2) is 30.3 Å². The van der Waals surface area contributed by atoms with E-state index in [1.807, 2.05) is 49.3 Å². The van der Waals surface area contributed by atoms with Crippen molar-refractivity contribution >= 4 is 6.29 Å². The molecule has 0 saturated carbocycles. The molecule has 0 saturated heterocycles. The number of nitrogens with zero attached hydrogens (tertiary/aromatic N) is 1. The molecule has 1 rings (SSSR count). The summed E-state index contributed by atoms with van der Waals surface area (Å²) in [6.45, 7) is 0. The van der Waals surface area contributed by atoms with Crippen LogP contribution >= 0.6 is 0 Å². The molecule has 1 atom stereocenters. The van der Waals surface area contributed by atoms with E-state index in [9.17, 15) is 4.79 Å². The van der Waals surface area contributed by atoms with Crippen LogP contribution in [0.3, 0.4) is 0 Å². The van der Waals surface area contributed by atoms with Crippen molar-refractivity contribution in [3.05, 3.63) is 35.9 Å². The highest BCUT2D eigenvalue weighted by molar-refractivity contribution is 5.58. The highest BCUT2D eigenvalue weighted by Crippen LogP contribution is 2.04. The lowest BCUT2D eigenvalue weighted by Gasteiger charge is -2.17. The van der Waals surface area contributed by atoms with E-state index in [0.717, 1.165) is 12.7 Å². The van der Waals surface area contributed by atoms with E-state index in [1.54, 1.807) is 0 Å². The van der Waals surface area contributed by atoms with Crippen LogP contribution in [-0.2, 0) is 11.2 Å². The zero-order valence-electron chi connectivity index (χ0n) is 8.10. The van der Waals surface area contributed by atoms with Crippen LogP contribution in [0.25, 0.3) is 0 Å². The van der Waals surface area contributed by atoms with Crippen molar-refractivity contribution < 1.29 is 4.79 Å². The lowest BCUT2D eigenvalue weighted by Crippen LogP contribution is -2.31. The lowest BCUT2D eigenvalue weighted by atomic mass is 10.1. The molecule has 70 valence electrons. The number of benzene rings is 1. The molecule has 1 aromatic carbocycles. The number of aldehydes is 1. The van der Waals surface area contributed by atoms with E-state index in [0.29, 0.717) is 0 Å². The van der Waals surface area contributed by atoms with E-state index in [4.69, 9.17) is 0 Å². The summed E-state index contributed by atoms with van der Waals surface area (Å²) >= 11 is 0. The molecular formula is C11H15NO. The van der Waals surface area contributed by atoms with E-state index < -0.39 is 0 Å². The average Bonchev–Trinajstić information content (AvgIpc) is 2.15. The summed E-state index contributed by atoms with van der Waals surface area (Å²) in [6, 6.07) is 10.0. The Kier molecular flexibility index (Phi) is 3.65. The number of rotatable bonds is 4. The Bertz CT molecular complexity index is 256. The van der Waals surface area contributed by atoms with Crippen molar-refractivity contribution in [2.24, 2.45) is 0 Å². The smallest absolute Gasteiger partial charge is 0.137 e. The molecule has 0 heterocycles. The molecule has 0 radical (unpaired) electrons. The standard InChI is InChI=1S/C11H15NO/c1-12(2)11(9-13)8-10-6-4-3-5-7-10/h3-7,9,11H,8H2,1-2H3/t11-/m0/s1. The van der Waals surface area contributed by atoms with E-state index in [1.165, 1.54) is 5.56 Å².